The molecule has 1 N–H and O–H groups in total. The first-order valence-corrected chi connectivity index (χ1v) is 7.56. The molecule has 0 radical (unpaired) electrons. The number of benzene rings is 1. The molecular weight excluding hydrogens is 318 g/mol. The lowest BCUT2D eigenvalue weighted by Crippen LogP contribution is -2.23. The molecule has 2 heterocycles. The predicted octanol–water partition coefficient (Wildman–Crippen LogP) is 3.49. The Hall–Kier alpha value is -2.25. The number of rotatable bonds is 5. The lowest BCUT2D eigenvalue weighted by atomic mass is 10.2. The van der Waals surface area contributed by atoms with Crippen molar-refractivity contribution < 1.29 is 8.94 Å². The Morgan fingerprint density at radius 3 is 2.48 bits per heavy atom. The minimum Gasteiger partial charge on any atom is -0.424 e. The van der Waals surface area contributed by atoms with Gasteiger partial charge in [0.1, 0.15) is 0 Å². The number of aryl methyl sites for hydroxylation is 1. The SMILES string of the molecule is Cc1nnc([C@H](C)N[C@@H](C)c2noc(-c3ccc(Cl)cc3)n2)o1. The monoisotopic (exact) mass is 333 g/mol. The molecule has 0 aliphatic carbocycles. The van der Waals surface area contributed by atoms with Crippen molar-refractivity contribution in [1.29, 1.82) is 0 Å². The molecule has 3 aromatic rings. The average molecular weight is 334 g/mol. The van der Waals surface area contributed by atoms with Gasteiger partial charge in [0, 0.05) is 17.5 Å². The highest BCUT2D eigenvalue weighted by atomic mass is 35.5. The van der Waals surface area contributed by atoms with Crippen LogP contribution in [0.15, 0.2) is 33.2 Å². The van der Waals surface area contributed by atoms with E-state index >= 15 is 0 Å². The maximum atomic E-state index is 5.88. The third-order valence-electron chi connectivity index (χ3n) is 3.33. The summed E-state index contributed by atoms with van der Waals surface area (Å²) in [6.45, 7) is 5.63. The number of aromatic nitrogens is 4. The van der Waals surface area contributed by atoms with E-state index in [1.165, 1.54) is 0 Å². The van der Waals surface area contributed by atoms with Crippen LogP contribution in [-0.2, 0) is 0 Å². The molecule has 7 nitrogen and oxygen atoms in total. The first-order chi connectivity index (χ1) is 11.0. The molecule has 2 aromatic heterocycles. The van der Waals surface area contributed by atoms with Crippen LogP contribution in [0.5, 0.6) is 0 Å². The van der Waals surface area contributed by atoms with Crippen LogP contribution in [0.4, 0.5) is 0 Å². The van der Waals surface area contributed by atoms with Gasteiger partial charge in [-0.05, 0) is 38.1 Å². The molecule has 0 unspecified atom stereocenters. The summed E-state index contributed by atoms with van der Waals surface area (Å²) in [6, 6.07) is 6.97. The van der Waals surface area contributed by atoms with E-state index in [2.05, 4.69) is 25.7 Å². The summed E-state index contributed by atoms with van der Waals surface area (Å²) in [4.78, 5) is 4.41. The van der Waals surface area contributed by atoms with Crippen molar-refractivity contribution in [3.05, 3.63) is 46.9 Å². The Morgan fingerprint density at radius 1 is 1.09 bits per heavy atom. The molecule has 1 aromatic carbocycles. The van der Waals surface area contributed by atoms with Crippen LogP contribution < -0.4 is 5.32 Å². The van der Waals surface area contributed by atoms with Crippen LogP contribution in [0.25, 0.3) is 11.5 Å². The number of halogens is 1. The Morgan fingerprint density at radius 2 is 1.83 bits per heavy atom. The average Bonchev–Trinajstić information content (AvgIpc) is 3.17. The van der Waals surface area contributed by atoms with Crippen LogP contribution >= 0.6 is 11.6 Å². The zero-order chi connectivity index (χ0) is 16.4. The van der Waals surface area contributed by atoms with E-state index < -0.39 is 0 Å². The highest BCUT2D eigenvalue weighted by molar-refractivity contribution is 6.30. The standard InChI is InChI=1S/C15H16ClN5O2/c1-8(17-9(2)14-20-19-10(3)22-14)13-18-15(23-21-13)11-4-6-12(16)7-5-11/h4-9,17H,1-3H3/t8-,9-/m0/s1. The molecule has 0 aliphatic rings. The van der Waals surface area contributed by atoms with Gasteiger partial charge in [0.15, 0.2) is 5.82 Å². The Balaban J connectivity index is 1.70. The van der Waals surface area contributed by atoms with Crippen LogP contribution in [0.1, 0.15) is 43.5 Å². The summed E-state index contributed by atoms with van der Waals surface area (Å²) < 4.78 is 10.7. The number of hydrogen-bond donors (Lipinski definition) is 1. The second-order valence-corrected chi connectivity index (χ2v) is 5.67. The summed E-state index contributed by atoms with van der Waals surface area (Å²) in [5.41, 5.74) is 0.820. The van der Waals surface area contributed by atoms with Crippen molar-refractivity contribution in [2.24, 2.45) is 0 Å². The lowest BCUT2D eigenvalue weighted by molar-refractivity contribution is 0.362. The number of hydrogen-bond acceptors (Lipinski definition) is 7. The largest absolute Gasteiger partial charge is 0.424 e. The van der Waals surface area contributed by atoms with Crippen LogP contribution in [-0.4, -0.2) is 20.3 Å². The molecule has 8 heteroatoms. The van der Waals surface area contributed by atoms with Gasteiger partial charge in [-0.2, -0.15) is 4.98 Å². The summed E-state index contributed by atoms with van der Waals surface area (Å²) >= 11 is 5.88. The van der Waals surface area contributed by atoms with Gasteiger partial charge in [-0.25, -0.2) is 0 Å². The third-order valence-corrected chi connectivity index (χ3v) is 3.58. The highest BCUT2D eigenvalue weighted by Crippen LogP contribution is 2.22. The van der Waals surface area contributed by atoms with Gasteiger partial charge in [-0.15, -0.1) is 10.2 Å². The summed E-state index contributed by atoms with van der Waals surface area (Å²) in [7, 11) is 0. The van der Waals surface area contributed by atoms with Crippen molar-refractivity contribution in [3.8, 4) is 11.5 Å². The molecule has 2 atom stereocenters. The van der Waals surface area contributed by atoms with Gasteiger partial charge in [-0.1, -0.05) is 16.8 Å². The van der Waals surface area contributed by atoms with Gasteiger partial charge in [0.05, 0.1) is 12.1 Å². The van der Waals surface area contributed by atoms with Crippen molar-refractivity contribution in [2.75, 3.05) is 0 Å². The van der Waals surface area contributed by atoms with E-state index in [1.54, 1.807) is 19.1 Å². The molecule has 0 spiro atoms. The molecule has 0 saturated carbocycles. The molecule has 0 aliphatic heterocycles. The first-order valence-electron chi connectivity index (χ1n) is 7.18. The van der Waals surface area contributed by atoms with E-state index in [9.17, 15) is 0 Å². The van der Waals surface area contributed by atoms with Crippen molar-refractivity contribution in [2.45, 2.75) is 32.9 Å². The van der Waals surface area contributed by atoms with Gasteiger partial charge in [-0.3, -0.25) is 5.32 Å². The summed E-state index contributed by atoms with van der Waals surface area (Å²) in [5.74, 6) is 2.06. The summed E-state index contributed by atoms with van der Waals surface area (Å²) in [6.07, 6.45) is 0. The molecule has 0 fully saturated rings. The quantitative estimate of drug-likeness (QED) is 0.764. The fourth-order valence-electron chi connectivity index (χ4n) is 2.13. The second-order valence-electron chi connectivity index (χ2n) is 5.23. The van der Waals surface area contributed by atoms with Gasteiger partial charge in [0.2, 0.25) is 11.8 Å². The first kappa shape index (κ1) is 15.6. The number of nitrogens with zero attached hydrogens (tertiary/aromatic N) is 4. The third kappa shape index (κ3) is 3.57. The molecule has 3 rings (SSSR count). The van der Waals surface area contributed by atoms with Crippen LogP contribution in [0.3, 0.4) is 0 Å². The fraction of sp³-hybridized carbons (Fsp3) is 0.333. The van der Waals surface area contributed by atoms with E-state index in [0.717, 1.165) is 5.56 Å². The summed E-state index contributed by atoms with van der Waals surface area (Å²) in [5, 5.41) is 15.8. The van der Waals surface area contributed by atoms with Crippen LogP contribution in [0.2, 0.25) is 5.02 Å². The zero-order valence-corrected chi connectivity index (χ0v) is 13.7. The second kappa shape index (κ2) is 6.47. The minimum absolute atomic E-state index is 0.122. The van der Waals surface area contributed by atoms with Crippen molar-refractivity contribution in [1.82, 2.24) is 25.7 Å². The Kier molecular flexibility index (Phi) is 4.40. The van der Waals surface area contributed by atoms with E-state index in [4.69, 9.17) is 20.5 Å². The van der Waals surface area contributed by atoms with Gasteiger partial charge >= 0.3 is 0 Å². The zero-order valence-electron chi connectivity index (χ0n) is 12.9. The molecule has 0 bridgehead atoms. The Bertz CT molecular complexity index is 783. The maximum Gasteiger partial charge on any atom is 0.257 e. The lowest BCUT2D eigenvalue weighted by Gasteiger charge is -2.13. The molecule has 23 heavy (non-hydrogen) atoms. The maximum absolute atomic E-state index is 5.88. The molecule has 0 amide bonds. The molecular formula is C15H16ClN5O2. The molecule has 0 saturated heterocycles. The predicted molar refractivity (Wildman–Crippen MR) is 83.7 cm³/mol. The number of nitrogens with one attached hydrogen (secondary N) is 1. The topological polar surface area (TPSA) is 89.9 Å². The van der Waals surface area contributed by atoms with Crippen molar-refractivity contribution >= 4 is 11.6 Å². The van der Waals surface area contributed by atoms with Gasteiger partial charge in [0.25, 0.3) is 5.89 Å². The smallest absolute Gasteiger partial charge is 0.257 e. The fourth-order valence-corrected chi connectivity index (χ4v) is 2.25. The van der Waals surface area contributed by atoms with Crippen molar-refractivity contribution in [3.63, 3.8) is 0 Å². The van der Waals surface area contributed by atoms with Gasteiger partial charge < -0.3 is 8.94 Å². The van der Waals surface area contributed by atoms with Crippen LogP contribution in [0, 0.1) is 6.92 Å². The molecule has 120 valence electrons. The Labute approximate surface area is 138 Å². The van der Waals surface area contributed by atoms with E-state index in [1.807, 2.05) is 26.0 Å². The van der Waals surface area contributed by atoms with E-state index in [0.29, 0.717) is 28.5 Å². The van der Waals surface area contributed by atoms with E-state index in [-0.39, 0.29) is 12.1 Å². The normalized spacial score (nSPS) is 13.9. The minimum atomic E-state index is -0.137. The highest BCUT2D eigenvalue weighted by Gasteiger charge is 2.20.